The zero-order valence-electron chi connectivity index (χ0n) is 14.5. The van der Waals surface area contributed by atoms with Crippen molar-refractivity contribution in [1.82, 2.24) is 25.9 Å². The molecule has 2 aromatic carbocycles. The fraction of sp³-hybridized carbons (Fsp3) is 0.105. The molecule has 3 amide bonds. The summed E-state index contributed by atoms with van der Waals surface area (Å²) in [4.78, 5) is 23.9. The summed E-state index contributed by atoms with van der Waals surface area (Å²) in [5.74, 6) is -0.453. The Morgan fingerprint density at radius 3 is 2.31 bits per heavy atom. The fourth-order valence-corrected chi connectivity index (χ4v) is 2.42. The van der Waals surface area contributed by atoms with Crippen molar-refractivity contribution < 1.29 is 9.59 Å². The standard InChI is InChI=1S/C19H19N5O2/c1-13-8-10-15(11-9-13)24-12-16(18(25)21-22-19(26)20-2)17(23-24)14-6-4-3-5-7-14/h3-12H,1-2H3,(H,21,25)(H2,20,22,26). The van der Waals surface area contributed by atoms with Gasteiger partial charge in [-0.3, -0.25) is 10.2 Å². The van der Waals surface area contributed by atoms with Gasteiger partial charge in [-0.15, -0.1) is 0 Å². The maximum atomic E-state index is 12.6. The van der Waals surface area contributed by atoms with Gasteiger partial charge in [-0.2, -0.15) is 5.10 Å². The molecule has 7 heteroatoms. The zero-order chi connectivity index (χ0) is 18.5. The number of carbonyl (C=O) groups is 2. The Kier molecular flexibility index (Phi) is 4.98. The molecule has 3 aromatic rings. The summed E-state index contributed by atoms with van der Waals surface area (Å²) in [5, 5.41) is 6.95. The highest BCUT2D eigenvalue weighted by molar-refractivity contribution is 6.00. The highest BCUT2D eigenvalue weighted by Crippen LogP contribution is 2.23. The van der Waals surface area contributed by atoms with Gasteiger partial charge in [0.15, 0.2) is 0 Å². The first kappa shape index (κ1) is 17.2. The monoisotopic (exact) mass is 349 g/mol. The van der Waals surface area contributed by atoms with Crippen molar-refractivity contribution in [3.05, 3.63) is 71.9 Å². The van der Waals surface area contributed by atoms with E-state index in [1.807, 2.05) is 61.5 Å². The molecule has 0 saturated carbocycles. The SMILES string of the molecule is CNC(=O)NNC(=O)c1cn(-c2ccc(C)cc2)nc1-c1ccccc1. The minimum Gasteiger partial charge on any atom is -0.340 e. The highest BCUT2D eigenvalue weighted by Gasteiger charge is 2.19. The zero-order valence-corrected chi connectivity index (χ0v) is 14.5. The lowest BCUT2D eigenvalue weighted by molar-refractivity contribution is 0.0937. The summed E-state index contributed by atoms with van der Waals surface area (Å²) in [7, 11) is 1.46. The van der Waals surface area contributed by atoms with Gasteiger partial charge in [-0.1, -0.05) is 48.0 Å². The Morgan fingerprint density at radius 2 is 1.65 bits per heavy atom. The van der Waals surface area contributed by atoms with E-state index in [1.54, 1.807) is 10.9 Å². The second-order valence-electron chi connectivity index (χ2n) is 5.70. The van der Waals surface area contributed by atoms with Crippen molar-refractivity contribution in [2.75, 3.05) is 7.05 Å². The van der Waals surface area contributed by atoms with Crippen LogP contribution in [0.1, 0.15) is 15.9 Å². The first-order valence-corrected chi connectivity index (χ1v) is 8.08. The molecule has 0 atom stereocenters. The quantitative estimate of drug-likeness (QED) is 0.635. The number of amides is 3. The molecule has 1 heterocycles. The predicted molar refractivity (Wildman–Crippen MR) is 98.8 cm³/mol. The van der Waals surface area contributed by atoms with Crippen LogP contribution < -0.4 is 16.2 Å². The van der Waals surface area contributed by atoms with Crippen LogP contribution in [0.15, 0.2) is 60.8 Å². The van der Waals surface area contributed by atoms with E-state index in [9.17, 15) is 9.59 Å². The molecule has 0 aliphatic carbocycles. The molecular formula is C19H19N5O2. The molecule has 0 aliphatic heterocycles. The number of hydrazine groups is 1. The van der Waals surface area contributed by atoms with Gasteiger partial charge < -0.3 is 5.32 Å². The Morgan fingerprint density at radius 1 is 0.962 bits per heavy atom. The molecule has 0 radical (unpaired) electrons. The van der Waals surface area contributed by atoms with Gasteiger partial charge in [0, 0.05) is 18.8 Å². The fourth-order valence-electron chi connectivity index (χ4n) is 2.42. The van der Waals surface area contributed by atoms with E-state index in [-0.39, 0.29) is 0 Å². The number of aryl methyl sites for hydroxylation is 1. The normalized spacial score (nSPS) is 10.2. The topological polar surface area (TPSA) is 88.0 Å². The molecule has 0 spiro atoms. The van der Waals surface area contributed by atoms with Gasteiger partial charge in [-0.25, -0.2) is 14.9 Å². The van der Waals surface area contributed by atoms with Gasteiger partial charge in [-0.05, 0) is 19.1 Å². The maximum Gasteiger partial charge on any atom is 0.333 e. The van der Waals surface area contributed by atoms with E-state index in [4.69, 9.17) is 0 Å². The summed E-state index contributed by atoms with van der Waals surface area (Å²) >= 11 is 0. The summed E-state index contributed by atoms with van der Waals surface area (Å²) < 4.78 is 1.65. The number of carbonyl (C=O) groups excluding carboxylic acids is 2. The third kappa shape index (κ3) is 3.72. The van der Waals surface area contributed by atoms with Crippen LogP contribution in [-0.4, -0.2) is 28.8 Å². The third-order valence-electron chi connectivity index (χ3n) is 3.82. The van der Waals surface area contributed by atoms with Crippen LogP contribution in [-0.2, 0) is 0 Å². The van der Waals surface area contributed by atoms with Crippen LogP contribution in [0, 0.1) is 6.92 Å². The second kappa shape index (κ2) is 7.52. The number of aromatic nitrogens is 2. The Hall–Kier alpha value is -3.61. The van der Waals surface area contributed by atoms with Crippen molar-refractivity contribution in [1.29, 1.82) is 0 Å². The van der Waals surface area contributed by atoms with Crippen LogP contribution in [0.5, 0.6) is 0 Å². The van der Waals surface area contributed by atoms with E-state index in [0.29, 0.717) is 11.3 Å². The average molecular weight is 349 g/mol. The molecule has 7 nitrogen and oxygen atoms in total. The van der Waals surface area contributed by atoms with Crippen molar-refractivity contribution in [2.24, 2.45) is 0 Å². The number of rotatable bonds is 3. The van der Waals surface area contributed by atoms with E-state index in [2.05, 4.69) is 21.3 Å². The maximum absolute atomic E-state index is 12.6. The van der Waals surface area contributed by atoms with Crippen LogP contribution in [0.4, 0.5) is 4.79 Å². The summed E-state index contributed by atoms with van der Waals surface area (Å²) in [6.45, 7) is 2.01. The first-order valence-electron chi connectivity index (χ1n) is 8.08. The van der Waals surface area contributed by atoms with Crippen molar-refractivity contribution in [3.8, 4) is 16.9 Å². The highest BCUT2D eigenvalue weighted by atomic mass is 16.2. The Labute approximate surface area is 151 Å². The number of urea groups is 1. The molecule has 0 saturated heterocycles. The van der Waals surface area contributed by atoms with Crippen LogP contribution in [0.2, 0.25) is 0 Å². The molecule has 1 aromatic heterocycles. The molecule has 0 fully saturated rings. The van der Waals surface area contributed by atoms with Gasteiger partial charge in [0.1, 0.15) is 5.69 Å². The smallest absolute Gasteiger partial charge is 0.333 e. The number of nitrogens with one attached hydrogen (secondary N) is 3. The molecule has 0 bridgehead atoms. The van der Waals surface area contributed by atoms with Crippen LogP contribution in [0.3, 0.4) is 0 Å². The summed E-state index contributed by atoms with van der Waals surface area (Å²) in [5.41, 5.74) is 8.33. The molecule has 26 heavy (non-hydrogen) atoms. The number of benzene rings is 2. The third-order valence-corrected chi connectivity index (χ3v) is 3.82. The predicted octanol–water partition coefficient (Wildman–Crippen LogP) is 2.42. The van der Waals surface area contributed by atoms with Crippen molar-refractivity contribution in [3.63, 3.8) is 0 Å². The lowest BCUT2D eigenvalue weighted by atomic mass is 10.1. The average Bonchev–Trinajstić information content (AvgIpc) is 3.12. The lowest BCUT2D eigenvalue weighted by Gasteiger charge is -2.06. The molecule has 0 aliphatic rings. The summed E-state index contributed by atoms with van der Waals surface area (Å²) in [6.07, 6.45) is 1.65. The molecule has 132 valence electrons. The molecule has 3 rings (SSSR count). The number of nitrogens with zero attached hydrogens (tertiary/aromatic N) is 2. The Bertz CT molecular complexity index is 917. The van der Waals surface area contributed by atoms with E-state index in [1.165, 1.54) is 7.05 Å². The number of hydrogen-bond acceptors (Lipinski definition) is 3. The van der Waals surface area contributed by atoms with Crippen molar-refractivity contribution in [2.45, 2.75) is 6.92 Å². The molecular weight excluding hydrogens is 330 g/mol. The molecule has 0 unspecified atom stereocenters. The van der Waals surface area contributed by atoms with E-state index in [0.717, 1.165) is 16.8 Å². The van der Waals surface area contributed by atoms with Gasteiger partial charge >= 0.3 is 6.03 Å². The van der Waals surface area contributed by atoms with E-state index < -0.39 is 11.9 Å². The van der Waals surface area contributed by atoms with Gasteiger partial charge in [0.05, 0.1) is 11.3 Å². The minimum absolute atomic E-state index is 0.355. The summed E-state index contributed by atoms with van der Waals surface area (Å²) in [6, 6.07) is 16.7. The van der Waals surface area contributed by atoms with Gasteiger partial charge in [0.2, 0.25) is 0 Å². The van der Waals surface area contributed by atoms with Gasteiger partial charge in [0.25, 0.3) is 5.91 Å². The van der Waals surface area contributed by atoms with Crippen LogP contribution in [0.25, 0.3) is 16.9 Å². The first-order chi connectivity index (χ1) is 12.6. The minimum atomic E-state index is -0.509. The van der Waals surface area contributed by atoms with E-state index >= 15 is 0 Å². The largest absolute Gasteiger partial charge is 0.340 e. The Balaban J connectivity index is 1.99. The van der Waals surface area contributed by atoms with Crippen LogP contribution >= 0.6 is 0 Å². The second-order valence-corrected chi connectivity index (χ2v) is 5.70. The van der Waals surface area contributed by atoms with Crippen molar-refractivity contribution >= 4 is 11.9 Å². The lowest BCUT2D eigenvalue weighted by Crippen LogP contribution is -2.45. The number of hydrogen-bond donors (Lipinski definition) is 3. The molecule has 3 N–H and O–H groups in total.